The third kappa shape index (κ3) is 4.60. The summed E-state index contributed by atoms with van der Waals surface area (Å²) in [4.78, 5) is 13.6. The maximum Gasteiger partial charge on any atom is 0.234 e. The van der Waals surface area contributed by atoms with Crippen molar-refractivity contribution in [2.24, 2.45) is 0 Å². The van der Waals surface area contributed by atoms with E-state index < -0.39 is 0 Å². The van der Waals surface area contributed by atoms with Crippen LogP contribution in [-0.2, 0) is 11.3 Å². The normalized spacial score (nSPS) is 10.9. The molecule has 0 aliphatic heterocycles. The van der Waals surface area contributed by atoms with Crippen LogP contribution in [0.15, 0.2) is 41.4 Å². The Balaban J connectivity index is 1.75. The molecule has 0 radical (unpaired) electrons. The first kappa shape index (κ1) is 20.9. The van der Waals surface area contributed by atoms with E-state index in [2.05, 4.69) is 41.3 Å². The van der Waals surface area contributed by atoms with Crippen molar-refractivity contribution in [2.75, 3.05) is 11.1 Å². The van der Waals surface area contributed by atoms with E-state index in [1.165, 1.54) is 22.2 Å². The molecule has 0 bridgehead atoms. The summed E-state index contributed by atoms with van der Waals surface area (Å²) in [7, 11) is 0. The minimum atomic E-state index is -0.202. The van der Waals surface area contributed by atoms with E-state index in [1.807, 2.05) is 4.57 Å². The van der Waals surface area contributed by atoms with Gasteiger partial charge < -0.3 is 5.32 Å². The quantitative estimate of drug-likeness (QED) is 0.360. The summed E-state index contributed by atoms with van der Waals surface area (Å²) in [5.74, 6) is 0.744. The predicted molar refractivity (Wildman–Crippen MR) is 119 cm³/mol. The number of anilines is 1. The molecular weight excluding hydrogens is 435 g/mol. The second-order valence-corrected chi connectivity index (χ2v) is 8.87. The van der Waals surface area contributed by atoms with Crippen molar-refractivity contribution in [3.8, 4) is 11.4 Å². The number of thiophene rings is 1. The summed E-state index contributed by atoms with van der Waals surface area (Å²) in [5, 5.41) is 15.1. The molecule has 3 rings (SSSR count). The molecule has 0 unspecified atom stereocenters. The number of carbonyl (C=O) groups excluding carboxylic acids is 1. The second kappa shape index (κ2) is 9.13. The zero-order chi connectivity index (χ0) is 20.3. The first-order chi connectivity index (χ1) is 13.4. The van der Waals surface area contributed by atoms with Crippen LogP contribution < -0.4 is 5.32 Å². The highest BCUT2D eigenvalue weighted by Crippen LogP contribution is 2.32. The molecule has 1 amide bonds. The van der Waals surface area contributed by atoms with Gasteiger partial charge in [-0.05, 0) is 37.6 Å². The molecule has 0 fully saturated rings. The van der Waals surface area contributed by atoms with E-state index in [-0.39, 0.29) is 11.7 Å². The Morgan fingerprint density at radius 2 is 2.14 bits per heavy atom. The monoisotopic (exact) mass is 452 g/mol. The molecule has 0 atom stereocenters. The minimum Gasteiger partial charge on any atom is -0.324 e. The van der Waals surface area contributed by atoms with E-state index in [0.717, 1.165) is 11.4 Å². The summed E-state index contributed by atoms with van der Waals surface area (Å²) in [6.07, 6.45) is 1.79. The molecule has 146 valence electrons. The molecule has 0 aliphatic rings. The third-order valence-electron chi connectivity index (χ3n) is 4.09. The molecule has 9 heteroatoms. The third-order valence-corrected chi connectivity index (χ3v) is 6.63. The highest BCUT2D eigenvalue weighted by Gasteiger charge is 2.18. The van der Waals surface area contributed by atoms with Gasteiger partial charge in [-0.15, -0.1) is 28.1 Å². The van der Waals surface area contributed by atoms with Gasteiger partial charge in [-0.1, -0.05) is 41.0 Å². The van der Waals surface area contributed by atoms with Crippen LogP contribution in [-0.4, -0.2) is 26.4 Å². The van der Waals surface area contributed by atoms with Gasteiger partial charge in [-0.25, -0.2) is 0 Å². The molecule has 2 heterocycles. The van der Waals surface area contributed by atoms with E-state index in [1.54, 1.807) is 35.6 Å². The molecule has 1 aromatic carbocycles. The van der Waals surface area contributed by atoms with Crippen molar-refractivity contribution in [3.63, 3.8) is 0 Å². The number of carbonyl (C=O) groups is 1. The Bertz CT molecular complexity index is 1030. The van der Waals surface area contributed by atoms with E-state index in [4.69, 9.17) is 23.2 Å². The number of hydrogen-bond acceptors (Lipinski definition) is 5. The smallest absolute Gasteiger partial charge is 0.234 e. The molecule has 2 aromatic heterocycles. The van der Waals surface area contributed by atoms with Crippen molar-refractivity contribution in [2.45, 2.75) is 25.5 Å². The maximum atomic E-state index is 12.3. The summed E-state index contributed by atoms with van der Waals surface area (Å²) in [6.45, 7) is 8.53. The number of nitrogens with zero attached hydrogens (tertiary/aromatic N) is 3. The fourth-order valence-electron chi connectivity index (χ4n) is 2.53. The van der Waals surface area contributed by atoms with Crippen molar-refractivity contribution in [3.05, 3.63) is 56.7 Å². The molecule has 1 N–H and O–H groups in total. The topological polar surface area (TPSA) is 59.8 Å². The van der Waals surface area contributed by atoms with Crippen LogP contribution in [0.1, 0.15) is 10.4 Å². The molecule has 0 aliphatic carbocycles. The van der Waals surface area contributed by atoms with Crippen LogP contribution >= 0.6 is 46.3 Å². The maximum absolute atomic E-state index is 12.3. The summed E-state index contributed by atoms with van der Waals surface area (Å²) >= 11 is 15.0. The number of nitrogens with one attached hydrogen (secondary N) is 1. The largest absolute Gasteiger partial charge is 0.324 e. The highest BCUT2D eigenvalue weighted by molar-refractivity contribution is 7.99. The fourth-order valence-corrected chi connectivity index (χ4v) is 4.48. The van der Waals surface area contributed by atoms with Crippen LogP contribution in [0, 0.1) is 13.8 Å². The average molecular weight is 453 g/mol. The Morgan fingerprint density at radius 3 is 2.82 bits per heavy atom. The van der Waals surface area contributed by atoms with Gasteiger partial charge in [0.15, 0.2) is 11.0 Å². The van der Waals surface area contributed by atoms with E-state index in [9.17, 15) is 4.79 Å². The number of allylic oxidation sites excluding steroid dienone is 1. The molecule has 0 spiro atoms. The standard InChI is InChI=1S/C19H18Cl2N4OS2/c1-4-7-25-18(14-9-27-12(3)11(14)2)23-24-19(25)28-10-17(26)22-16-8-13(20)5-6-15(16)21/h4-6,8-9H,1,7,10H2,2-3H3,(H,22,26). The van der Waals surface area contributed by atoms with Gasteiger partial charge >= 0.3 is 0 Å². The summed E-state index contributed by atoms with van der Waals surface area (Å²) in [5.41, 5.74) is 2.73. The number of rotatable bonds is 7. The average Bonchev–Trinajstić information content (AvgIpc) is 3.20. The van der Waals surface area contributed by atoms with Crippen LogP contribution in [0.3, 0.4) is 0 Å². The fraction of sp³-hybridized carbons (Fsp3) is 0.211. The van der Waals surface area contributed by atoms with Gasteiger partial charge in [-0.2, -0.15) is 0 Å². The number of halogens is 2. The van der Waals surface area contributed by atoms with Gasteiger partial charge in [0.2, 0.25) is 5.91 Å². The zero-order valence-electron chi connectivity index (χ0n) is 15.3. The lowest BCUT2D eigenvalue weighted by Crippen LogP contribution is -2.15. The molecule has 5 nitrogen and oxygen atoms in total. The Labute approximate surface area is 181 Å². The van der Waals surface area contributed by atoms with Crippen molar-refractivity contribution < 1.29 is 4.79 Å². The Hall–Kier alpha value is -1.80. The number of aromatic nitrogens is 3. The summed E-state index contributed by atoms with van der Waals surface area (Å²) in [6, 6.07) is 4.93. The SMILES string of the molecule is C=CCn1c(SCC(=O)Nc2cc(Cl)ccc2Cl)nnc1-c1csc(C)c1C. The lowest BCUT2D eigenvalue weighted by molar-refractivity contribution is -0.113. The number of amides is 1. The first-order valence-electron chi connectivity index (χ1n) is 8.37. The predicted octanol–water partition coefficient (Wildman–Crippen LogP) is 5.85. The Kier molecular flexibility index (Phi) is 6.82. The van der Waals surface area contributed by atoms with Gasteiger partial charge in [0.25, 0.3) is 0 Å². The second-order valence-electron chi connectivity index (χ2n) is 6.00. The van der Waals surface area contributed by atoms with Crippen LogP contribution in [0.2, 0.25) is 10.0 Å². The number of hydrogen-bond donors (Lipinski definition) is 1. The van der Waals surface area contributed by atoms with Crippen molar-refractivity contribution in [1.82, 2.24) is 14.8 Å². The van der Waals surface area contributed by atoms with Crippen molar-refractivity contribution in [1.29, 1.82) is 0 Å². The Morgan fingerprint density at radius 1 is 1.36 bits per heavy atom. The van der Waals surface area contributed by atoms with Gasteiger partial charge in [0, 0.05) is 27.4 Å². The highest BCUT2D eigenvalue weighted by atomic mass is 35.5. The van der Waals surface area contributed by atoms with Gasteiger partial charge in [0.05, 0.1) is 16.5 Å². The minimum absolute atomic E-state index is 0.166. The van der Waals surface area contributed by atoms with Gasteiger partial charge in [-0.3, -0.25) is 9.36 Å². The lowest BCUT2D eigenvalue weighted by Gasteiger charge is -2.09. The molecule has 0 saturated carbocycles. The zero-order valence-corrected chi connectivity index (χ0v) is 18.5. The molecule has 0 saturated heterocycles. The van der Waals surface area contributed by atoms with E-state index in [0.29, 0.717) is 27.4 Å². The van der Waals surface area contributed by atoms with Crippen LogP contribution in [0.4, 0.5) is 5.69 Å². The van der Waals surface area contributed by atoms with Crippen molar-refractivity contribution >= 4 is 57.9 Å². The first-order valence-corrected chi connectivity index (χ1v) is 11.0. The van der Waals surface area contributed by atoms with Gasteiger partial charge in [0.1, 0.15) is 0 Å². The molecule has 3 aromatic rings. The van der Waals surface area contributed by atoms with E-state index >= 15 is 0 Å². The lowest BCUT2D eigenvalue weighted by atomic mass is 10.1. The molecule has 28 heavy (non-hydrogen) atoms. The summed E-state index contributed by atoms with van der Waals surface area (Å²) < 4.78 is 1.96. The number of benzene rings is 1. The van der Waals surface area contributed by atoms with Crippen LogP contribution in [0.25, 0.3) is 11.4 Å². The molecular formula is C19H18Cl2N4OS2. The van der Waals surface area contributed by atoms with Crippen LogP contribution in [0.5, 0.6) is 0 Å². The number of thioether (sulfide) groups is 1. The number of aryl methyl sites for hydroxylation is 1.